The second kappa shape index (κ2) is 32.8. The van der Waals surface area contributed by atoms with Crippen LogP contribution in [0.4, 0.5) is 0 Å². The van der Waals surface area contributed by atoms with Crippen molar-refractivity contribution in [2.24, 2.45) is 34.5 Å². The number of rotatable bonds is 21. The van der Waals surface area contributed by atoms with Crippen LogP contribution in [0, 0.1) is 41.4 Å². The zero-order chi connectivity index (χ0) is 71.5. The summed E-state index contributed by atoms with van der Waals surface area (Å²) in [5.41, 5.74) is 0.422. The molecule has 5 aromatic rings. The van der Waals surface area contributed by atoms with E-state index >= 15 is 0 Å². The van der Waals surface area contributed by atoms with Crippen LogP contribution in [-0.2, 0) is 80.3 Å². The van der Waals surface area contributed by atoms with E-state index < -0.39 is 102 Å². The molecule has 536 valence electrons. The summed E-state index contributed by atoms with van der Waals surface area (Å²) in [6.45, 7) is 14.1. The van der Waals surface area contributed by atoms with Crippen molar-refractivity contribution < 1.29 is 74.1 Å². The van der Waals surface area contributed by atoms with E-state index in [1.165, 1.54) is 15.9 Å². The minimum atomic E-state index is -3.98. The van der Waals surface area contributed by atoms with Gasteiger partial charge in [0.25, 0.3) is 0 Å². The van der Waals surface area contributed by atoms with Gasteiger partial charge in [-0.2, -0.15) is 0 Å². The second-order valence-electron chi connectivity index (χ2n) is 28.6. The standard InChI is InChI=1S/C42H50N2O8S.C36H46N2O8S/c1-4-6-14-31-22-39(47)51-20-11-7-8-13-29-16-17-30-18-19-43-40(34(30)21-29)52-33-23-35(44(26-33)41(31)48)36(45)25-42(24-32(42)5-2)38(46)27-53(49,50)37-15-10-9-12-28(37)3;1-4-6-11-26-18-33(41)45-16-9-7-8-10-24-12-13-25-14-15-37-34(29(25)17-24)46-28-19-30(38(22-28)35(26)42)31(39)21-36(20-27(36)5-2)32(40)23-47(3,43)44/h5,9-10,12,15-19,21,31-33,35H,2,4,6-8,11,13-14,20,22-27H2,1,3H3;5,12-15,17,26-28,30H,2,4,6-11,16,18-23H2,1,3H3/t31-,32-,33-,35+,42-;26-,27-,28-,30+,36-/m11/s1. The monoisotopic (exact) mass is 1410 g/mol. The van der Waals surface area contributed by atoms with Gasteiger partial charge in [0.15, 0.2) is 42.8 Å². The average molecular weight is 1410 g/mol. The lowest BCUT2D eigenvalue weighted by molar-refractivity contribution is -0.150. The number of aryl methyl sites for hydroxylation is 3. The third kappa shape index (κ3) is 18.0. The summed E-state index contributed by atoms with van der Waals surface area (Å²) in [6, 6.07) is 20.9. The van der Waals surface area contributed by atoms with Crippen LogP contribution < -0.4 is 9.47 Å². The Morgan fingerprint density at radius 3 is 1.47 bits per heavy atom. The molecule has 3 aromatic carbocycles. The van der Waals surface area contributed by atoms with E-state index in [1.807, 2.05) is 38.1 Å². The predicted octanol–water partition coefficient (Wildman–Crippen LogP) is 11.4. The first-order valence-electron chi connectivity index (χ1n) is 35.7. The maximum atomic E-state index is 14.5. The number of carbonyl (C=O) groups excluding carboxylic acids is 8. The summed E-state index contributed by atoms with van der Waals surface area (Å²) in [4.78, 5) is 123. The first-order chi connectivity index (χ1) is 47.9. The molecular weight excluding hydrogens is 1310 g/mol. The summed E-state index contributed by atoms with van der Waals surface area (Å²) in [6.07, 6.45) is 17.6. The van der Waals surface area contributed by atoms with Crippen LogP contribution in [-0.4, -0.2) is 152 Å². The van der Waals surface area contributed by atoms with Crippen molar-refractivity contribution in [3.8, 4) is 11.8 Å². The van der Waals surface area contributed by atoms with E-state index in [0.29, 0.717) is 55.8 Å². The zero-order valence-corrected chi connectivity index (χ0v) is 59.8. The van der Waals surface area contributed by atoms with Gasteiger partial charge in [-0.1, -0.05) is 94.1 Å². The summed E-state index contributed by atoms with van der Waals surface area (Å²) in [7, 11) is -7.58. The number of nitrogens with zero attached hydrogens (tertiary/aromatic N) is 4. The number of esters is 2. The van der Waals surface area contributed by atoms with Crippen molar-refractivity contribution in [1.29, 1.82) is 0 Å². The number of pyridine rings is 2. The van der Waals surface area contributed by atoms with Crippen molar-refractivity contribution in [2.75, 3.05) is 44.1 Å². The molecule has 2 aliphatic carbocycles. The highest BCUT2D eigenvalue weighted by atomic mass is 32.2. The topological polar surface area (TPSA) is 274 Å². The normalized spacial score (nSPS) is 26.1. The fourth-order valence-corrected chi connectivity index (χ4v) is 17.6. The molecular formula is C78H96N4O16S2. The Labute approximate surface area is 587 Å². The highest BCUT2D eigenvalue weighted by Crippen LogP contribution is 2.59. The van der Waals surface area contributed by atoms with E-state index in [4.69, 9.17) is 18.9 Å². The molecule has 0 N–H and O–H groups in total. The SMILES string of the molecule is C=C[C@@H]1C[C@]1(CC(=O)[C@@H]1C[C@@H]2CN1C(=O)[C@H](CCCC)CC(=O)OCCCCCc1ccc3ccnc(c3c1)O2)C(=O)CS(=O)(=O)c1ccccc1C.C=C[C@@H]1C[C@]1(CC(=O)[C@@H]1C[C@@H]2CN1C(=O)[C@H](CCCC)CC(=O)OCCCCCc1ccc3ccnc(c3c1)O2)C(=O)CS(C)(=O)=O. The molecule has 4 aliphatic heterocycles. The Kier molecular flexibility index (Phi) is 24.5. The summed E-state index contributed by atoms with van der Waals surface area (Å²) in [5.74, 6) is -5.80. The highest BCUT2D eigenvalue weighted by molar-refractivity contribution is 7.92. The number of hydrogen-bond donors (Lipinski definition) is 0. The number of fused-ring (bicyclic) bond motifs is 6. The fraction of sp³-hybridized carbons (Fsp3) is 0.538. The minimum absolute atomic E-state index is 0.0808. The summed E-state index contributed by atoms with van der Waals surface area (Å²) < 4.78 is 75.0. The van der Waals surface area contributed by atoms with Gasteiger partial charge in [-0.25, -0.2) is 26.8 Å². The van der Waals surface area contributed by atoms with Crippen LogP contribution in [0.25, 0.3) is 21.5 Å². The number of unbranched alkanes of at least 4 members (excludes halogenated alkanes) is 2. The van der Waals surface area contributed by atoms with Crippen molar-refractivity contribution in [3.05, 3.63) is 127 Å². The Morgan fingerprint density at radius 2 is 1.05 bits per heavy atom. The van der Waals surface area contributed by atoms with Crippen molar-refractivity contribution in [2.45, 2.75) is 191 Å². The van der Waals surface area contributed by atoms with Gasteiger partial charge in [0.05, 0.1) is 56.1 Å². The molecule has 22 heteroatoms. The van der Waals surface area contributed by atoms with Crippen LogP contribution >= 0.6 is 0 Å². The number of ketones is 4. The number of sulfone groups is 2. The Hall–Kier alpha value is -7.98. The maximum Gasteiger partial charge on any atom is 0.306 e. The number of allylic oxidation sites excluding steroid dienone is 2. The lowest BCUT2D eigenvalue weighted by Crippen LogP contribution is -2.45. The van der Waals surface area contributed by atoms with E-state index in [2.05, 4.69) is 47.4 Å². The first-order valence-corrected chi connectivity index (χ1v) is 39.4. The van der Waals surface area contributed by atoms with Gasteiger partial charge < -0.3 is 28.7 Å². The van der Waals surface area contributed by atoms with Crippen LogP contribution in [0.1, 0.15) is 159 Å². The number of aromatic nitrogens is 2. The number of ether oxygens (including phenoxy) is 4. The largest absolute Gasteiger partial charge is 0.472 e. The van der Waals surface area contributed by atoms with Crippen molar-refractivity contribution in [3.63, 3.8) is 0 Å². The summed E-state index contributed by atoms with van der Waals surface area (Å²) in [5, 5.41) is 3.63. The molecule has 2 saturated carbocycles. The van der Waals surface area contributed by atoms with E-state index in [0.717, 1.165) is 103 Å². The lowest BCUT2D eigenvalue weighted by Gasteiger charge is -2.29. The Morgan fingerprint density at radius 1 is 0.600 bits per heavy atom. The number of Topliss-reactive ketones (excluding diaryl/α,β-unsaturated/α-hetero) is 4. The molecule has 4 fully saturated rings. The molecule has 100 heavy (non-hydrogen) atoms. The third-order valence-electron chi connectivity index (χ3n) is 21.1. The number of cyclic esters (lactones) is 2. The molecule has 0 unspecified atom stereocenters. The fourth-order valence-electron chi connectivity index (χ4n) is 15.2. The number of amides is 2. The van der Waals surface area contributed by atoms with Gasteiger partial charge in [0, 0.05) is 77.8 Å². The Balaban J connectivity index is 0.000000218. The van der Waals surface area contributed by atoms with Gasteiger partial charge >= 0.3 is 11.9 Å². The smallest absolute Gasteiger partial charge is 0.306 e. The molecule has 2 aromatic heterocycles. The molecule has 6 heterocycles. The van der Waals surface area contributed by atoms with Gasteiger partial charge in [0.2, 0.25) is 23.6 Å². The van der Waals surface area contributed by atoms with E-state index in [1.54, 1.807) is 49.7 Å². The lowest BCUT2D eigenvalue weighted by atomic mass is 9.88. The molecule has 6 aliphatic rings. The number of hydrogen-bond acceptors (Lipinski definition) is 18. The first kappa shape index (κ1) is 74.7. The van der Waals surface area contributed by atoms with Crippen LogP contribution in [0.2, 0.25) is 0 Å². The average Bonchev–Trinajstić information content (AvgIpc) is 1.58. The van der Waals surface area contributed by atoms with Crippen LogP contribution in [0.5, 0.6) is 11.8 Å². The quantitative estimate of drug-likeness (QED) is 0.0487. The molecule has 20 nitrogen and oxygen atoms in total. The van der Waals surface area contributed by atoms with Gasteiger partial charge in [-0.3, -0.25) is 38.4 Å². The van der Waals surface area contributed by atoms with Crippen LogP contribution in [0.15, 0.2) is 115 Å². The van der Waals surface area contributed by atoms with Crippen molar-refractivity contribution in [1.82, 2.24) is 19.8 Å². The number of carbonyl (C=O) groups is 8. The molecule has 8 bridgehead atoms. The Bertz CT molecular complexity index is 4160. The molecule has 0 spiro atoms. The van der Waals surface area contributed by atoms with Gasteiger partial charge in [-0.15, -0.1) is 13.2 Å². The molecule has 11 rings (SSSR count). The maximum absolute atomic E-state index is 14.5. The summed E-state index contributed by atoms with van der Waals surface area (Å²) >= 11 is 0. The second-order valence-corrected chi connectivity index (χ2v) is 32.7. The molecule has 0 radical (unpaired) electrons. The number of benzene rings is 3. The molecule has 2 amide bonds. The van der Waals surface area contributed by atoms with Gasteiger partial charge in [-0.05, 0) is 154 Å². The molecule has 2 saturated heterocycles. The highest BCUT2D eigenvalue weighted by Gasteiger charge is 2.62. The third-order valence-corrected chi connectivity index (χ3v) is 23.7. The minimum Gasteiger partial charge on any atom is -0.472 e. The van der Waals surface area contributed by atoms with E-state index in [9.17, 15) is 55.2 Å². The van der Waals surface area contributed by atoms with Gasteiger partial charge in [0.1, 0.15) is 23.7 Å². The zero-order valence-electron chi connectivity index (χ0n) is 58.2. The predicted molar refractivity (Wildman–Crippen MR) is 379 cm³/mol. The van der Waals surface area contributed by atoms with Crippen molar-refractivity contribution >= 4 is 88.1 Å². The van der Waals surface area contributed by atoms with Crippen LogP contribution in [0.3, 0.4) is 0 Å². The molecule has 10 atom stereocenters. The van der Waals surface area contributed by atoms with E-state index in [-0.39, 0.29) is 105 Å².